The summed E-state index contributed by atoms with van der Waals surface area (Å²) < 4.78 is 44.4. The van der Waals surface area contributed by atoms with Crippen molar-refractivity contribution in [3.05, 3.63) is 64.2 Å². The van der Waals surface area contributed by atoms with Crippen molar-refractivity contribution in [2.24, 2.45) is 0 Å². The van der Waals surface area contributed by atoms with Gasteiger partial charge in [-0.3, -0.25) is 19.7 Å². The predicted octanol–water partition coefficient (Wildman–Crippen LogP) is 4.61. The zero-order valence-electron chi connectivity index (χ0n) is 22.3. The Morgan fingerprint density at radius 3 is 2.36 bits per heavy atom. The van der Waals surface area contributed by atoms with Crippen LogP contribution in [0.5, 0.6) is 5.75 Å². The summed E-state index contributed by atoms with van der Waals surface area (Å²) in [6.07, 6.45) is 0.00710. The van der Waals surface area contributed by atoms with Gasteiger partial charge in [0.1, 0.15) is 24.0 Å². The fraction of sp³-hybridized carbons (Fsp3) is 0.462. The Balaban J connectivity index is 2.47. The summed E-state index contributed by atoms with van der Waals surface area (Å²) in [5.74, 6) is -1.24. The highest BCUT2D eigenvalue weighted by molar-refractivity contribution is 9.09. The van der Waals surface area contributed by atoms with Crippen molar-refractivity contribution in [3.63, 3.8) is 0 Å². The van der Waals surface area contributed by atoms with E-state index in [-0.39, 0.29) is 43.5 Å². The molecule has 0 spiro atoms. The predicted molar refractivity (Wildman–Crippen MR) is 147 cm³/mol. The van der Waals surface area contributed by atoms with E-state index in [1.807, 2.05) is 30.3 Å². The van der Waals surface area contributed by atoms with E-state index in [0.717, 1.165) is 22.0 Å². The van der Waals surface area contributed by atoms with Crippen molar-refractivity contribution in [1.82, 2.24) is 4.31 Å². The van der Waals surface area contributed by atoms with Crippen LogP contribution < -0.4 is 4.74 Å². The number of ether oxygens (including phenoxy) is 3. The van der Waals surface area contributed by atoms with E-state index in [4.69, 9.17) is 9.47 Å². The molecule has 13 heteroatoms. The molecule has 0 bridgehead atoms. The molecule has 0 aliphatic rings. The normalized spacial score (nSPS) is 12.6. The van der Waals surface area contributed by atoms with Gasteiger partial charge in [0, 0.05) is 18.3 Å². The number of esters is 2. The molecule has 0 saturated carbocycles. The molecular weight excluding hydrogens is 596 g/mol. The molecule has 0 aliphatic carbocycles. The topological polar surface area (TPSA) is 142 Å². The Hall–Kier alpha value is -3.03. The second-order valence-corrected chi connectivity index (χ2v) is 12.1. The maximum absolute atomic E-state index is 13.9. The lowest BCUT2D eigenvalue weighted by Gasteiger charge is -2.31. The Morgan fingerprint density at radius 2 is 1.79 bits per heavy atom. The fourth-order valence-electron chi connectivity index (χ4n) is 3.63. The van der Waals surface area contributed by atoms with Gasteiger partial charge in [0.2, 0.25) is 0 Å². The van der Waals surface area contributed by atoms with E-state index >= 15 is 0 Å². The third-order valence-electron chi connectivity index (χ3n) is 5.38. The Bertz CT molecular complexity index is 1250. The summed E-state index contributed by atoms with van der Waals surface area (Å²) in [4.78, 5) is 35.4. The number of sulfonamides is 1. The zero-order chi connectivity index (χ0) is 29.2. The highest BCUT2D eigenvalue weighted by Gasteiger charge is 2.40. The van der Waals surface area contributed by atoms with Gasteiger partial charge in [-0.2, -0.15) is 4.31 Å². The molecule has 0 N–H and O–H groups in total. The first kappa shape index (κ1) is 32.2. The number of nitro benzene ring substituents is 1. The van der Waals surface area contributed by atoms with Crippen LogP contribution in [-0.4, -0.2) is 60.2 Å². The van der Waals surface area contributed by atoms with E-state index in [1.165, 1.54) is 13.2 Å². The van der Waals surface area contributed by atoms with Crippen LogP contribution in [0.25, 0.3) is 0 Å². The zero-order valence-corrected chi connectivity index (χ0v) is 24.7. The number of carbonyl (C=O) groups excluding carboxylic acids is 2. The quantitative estimate of drug-likeness (QED) is 0.127. The number of hydrogen-bond acceptors (Lipinski definition) is 9. The Kier molecular flexibility index (Phi) is 11.9. The molecule has 214 valence electrons. The number of alkyl halides is 1. The number of rotatable bonds is 14. The van der Waals surface area contributed by atoms with Crippen LogP contribution in [0.15, 0.2) is 53.4 Å². The van der Waals surface area contributed by atoms with E-state index in [2.05, 4.69) is 20.7 Å². The number of benzene rings is 2. The van der Waals surface area contributed by atoms with E-state index in [1.54, 1.807) is 20.8 Å². The molecule has 2 aromatic rings. The molecule has 2 rings (SSSR count). The van der Waals surface area contributed by atoms with Gasteiger partial charge in [-0.1, -0.05) is 46.3 Å². The van der Waals surface area contributed by atoms with Gasteiger partial charge in [0.15, 0.2) is 4.90 Å². The number of methoxy groups -OCH3 is 1. The number of hydrogen-bond donors (Lipinski definition) is 0. The lowest BCUT2D eigenvalue weighted by Crippen LogP contribution is -2.48. The number of nitro groups is 1. The second-order valence-electron chi connectivity index (χ2n) is 9.48. The highest BCUT2D eigenvalue weighted by atomic mass is 79.9. The van der Waals surface area contributed by atoms with Gasteiger partial charge < -0.3 is 14.2 Å². The van der Waals surface area contributed by atoms with Crippen molar-refractivity contribution < 1.29 is 37.1 Å². The fourth-order valence-corrected chi connectivity index (χ4v) is 6.00. The molecule has 39 heavy (non-hydrogen) atoms. The lowest BCUT2D eigenvalue weighted by atomic mass is 10.1. The minimum atomic E-state index is -4.59. The van der Waals surface area contributed by atoms with Gasteiger partial charge in [0.25, 0.3) is 15.7 Å². The summed E-state index contributed by atoms with van der Waals surface area (Å²) in [7, 11) is -3.37. The highest BCUT2D eigenvalue weighted by Crippen LogP contribution is 2.33. The lowest BCUT2D eigenvalue weighted by molar-refractivity contribution is -0.388. The minimum Gasteiger partial charge on any atom is -0.489 e. The third kappa shape index (κ3) is 9.59. The first-order chi connectivity index (χ1) is 18.3. The molecule has 0 radical (unpaired) electrons. The Morgan fingerprint density at radius 1 is 1.13 bits per heavy atom. The molecule has 0 amide bonds. The molecule has 0 aromatic heterocycles. The van der Waals surface area contributed by atoms with Crippen LogP contribution in [-0.2, 0) is 35.7 Å². The van der Waals surface area contributed by atoms with Gasteiger partial charge >= 0.3 is 11.9 Å². The van der Waals surface area contributed by atoms with Gasteiger partial charge in [0.05, 0.1) is 18.1 Å². The van der Waals surface area contributed by atoms with Crippen LogP contribution in [0.4, 0.5) is 5.69 Å². The second kappa shape index (κ2) is 14.4. The Labute approximate surface area is 236 Å². The van der Waals surface area contributed by atoms with Crippen LogP contribution >= 0.6 is 15.9 Å². The number of nitrogens with zero attached hydrogens (tertiary/aromatic N) is 2. The van der Waals surface area contributed by atoms with E-state index in [0.29, 0.717) is 0 Å². The summed E-state index contributed by atoms with van der Waals surface area (Å²) in [5.41, 5.74) is -0.796. The monoisotopic (exact) mass is 628 g/mol. The molecule has 11 nitrogen and oxygen atoms in total. The van der Waals surface area contributed by atoms with E-state index in [9.17, 15) is 28.1 Å². The SMILES string of the molecule is COC(=O)CCC[C@H](C(=O)OC(C)(C)C)N(CCBr)S(=O)(=O)c1ccc(OCc2ccccc2)cc1[N+](=O)[O-]. The molecule has 0 heterocycles. The molecule has 0 aliphatic heterocycles. The summed E-state index contributed by atoms with van der Waals surface area (Å²) in [5, 5.41) is 12.1. The van der Waals surface area contributed by atoms with Gasteiger partial charge in [-0.15, -0.1) is 0 Å². The summed E-state index contributed by atoms with van der Waals surface area (Å²) in [6.45, 7) is 4.85. The van der Waals surface area contributed by atoms with Crippen LogP contribution in [0.1, 0.15) is 45.6 Å². The first-order valence-corrected chi connectivity index (χ1v) is 14.7. The molecule has 0 unspecified atom stereocenters. The molecule has 2 aromatic carbocycles. The van der Waals surface area contributed by atoms with Gasteiger partial charge in [-0.05, 0) is 51.3 Å². The largest absolute Gasteiger partial charge is 0.489 e. The van der Waals surface area contributed by atoms with Crippen LogP contribution in [0.2, 0.25) is 0 Å². The maximum Gasteiger partial charge on any atom is 0.324 e. The van der Waals surface area contributed by atoms with Crippen molar-refractivity contribution in [3.8, 4) is 5.75 Å². The van der Waals surface area contributed by atoms with Crippen molar-refractivity contribution in [1.29, 1.82) is 0 Å². The summed E-state index contributed by atoms with van der Waals surface area (Å²) in [6, 6.07) is 11.2. The number of carbonyl (C=O) groups is 2. The molecule has 0 fully saturated rings. The van der Waals surface area contributed by atoms with Crippen LogP contribution in [0.3, 0.4) is 0 Å². The smallest absolute Gasteiger partial charge is 0.324 e. The molecular formula is C26H33BrN2O9S. The maximum atomic E-state index is 13.9. The standard InChI is InChI=1S/C26H33BrN2O9S/c1-26(2,3)38-25(31)21(11-8-12-24(30)36-4)28(16-15-27)39(34,35)23-14-13-20(17-22(23)29(32)33)37-18-19-9-6-5-7-10-19/h5-7,9-10,13-14,17,21H,8,11-12,15-16,18H2,1-4H3/t21-/m1/s1. The first-order valence-electron chi connectivity index (χ1n) is 12.1. The van der Waals surface area contributed by atoms with Crippen molar-refractivity contribution in [2.75, 3.05) is 19.0 Å². The minimum absolute atomic E-state index is 0.0500. The van der Waals surface area contributed by atoms with Gasteiger partial charge in [-0.25, -0.2) is 8.42 Å². The molecule has 0 saturated heterocycles. The van der Waals surface area contributed by atoms with Crippen LogP contribution in [0, 0.1) is 10.1 Å². The third-order valence-corrected chi connectivity index (χ3v) is 7.69. The van der Waals surface area contributed by atoms with E-state index < -0.39 is 49.1 Å². The summed E-state index contributed by atoms with van der Waals surface area (Å²) >= 11 is 3.21. The number of halogens is 1. The van der Waals surface area contributed by atoms with Crippen molar-refractivity contribution in [2.45, 2.75) is 63.2 Å². The average molecular weight is 630 g/mol. The average Bonchev–Trinajstić information content (AvgIpc) is 2.88. The molecule has 1 atom stereocenters. The van der Waals surface area contributed by atoms with Crippen molar-refractivity contribution >= 4 is 43.6 Å².